The molecule has 3 rings (SSSR count). The van der Waals surface area contributed by atoms with Gasteiger partial charge in [0.1, 0.15) is 0 Å². The summed E-state index contributed by atoms with van der Waals surface area (Å²) in [6.07, 6.45) is 1.41. The van der Waals surface area contributed by atoms with E-state index < -0.39 is 16.0 Å². The number of sulfonamides is 1. The Hall–Kier alpha value is -1.49. The predicted molar refractivity (Wildman–Crippen MR) is 112 cm³/mol. The molecule has 0 spiro atoms. The minimum absolute atomic E-state index is 0. The summed E-state index contributed by atoms with van der Waals surface area (Å²) in [6, 6.07) is 6.37. The average molecular weight is 451 g/mol. The van der Waals surface area contributed by atoms with Crippen LogP contribution in [0.25, 0.3) is 10.8 Å². The van der Waals surface area contributed by atoms with E-state index in [2.05, 4.69) is 19.9 Å². The summed E-state index contributed by atoms with van der Waals surface area (Å²) < 4.78 is 32.9. The van der Waals surface area contributed by atoms with Crippen LogP contribution < -0.4 is 10.0 Å². The van der Waals surface area contributed by atoms with Gasteiger partial charge >= 0.3 is 5.97 Å². The Morgan fingerprint density at radius 2 is 1.93 bits per heavy atom. The van der Waals surface area contributed by atoms with Gasteiger partial charge in [-0.1, -0.05) is 12.1 Å². The Morgan fingerprint density at radius 1 is 1.21 bits per heavy atom. The number of esters is 1. The molecule has 0 radical (unpaired) electrons. The quantitative estimate of drug-likeness (QED) is 0.634. The van der Waals surface area contributed by atoms with Crippen molar-refractivity contribution < 1.29 is 17.9 Å². The highest BCUT2D eigenvalue weighted by molar-refractivity contribution is 7.89. The van der Waals surface area contributed by atoms with Gasteiger partial charge in [0.25, 0.3) is 0 Å². The molecule has 2 aromatic rings. The third-order valence-corrected chi connectivity index (χ3v) is 5.88. The average Bonchev–Trinajstić information content (AvgIpc) is 2.67. The third kappa shape index (κ3) is 5.53. The van der Waals surface area contributed by atoms with Crippen molar-refractivity contribution in [1.29, 1.82) is 0 Å². The van der Waals surface area contributed by atoms with Crippen molar-refractivity contribution in [3.63, 3.8) is 0 Å². The number of hydrogen-bond donors (Lipinski definition) is 2. The van der Waals surface area contributed by atoms with Gasteiger partial charge in [-0.15, -0.1) is 24.8 Å². The molecule has 1 aliphatic rings. The van der Waals surface area contributed by atoms with Crippen molar-refractivity contribution in [3.8, 4) is 0 Å². The SMILES string of the molecule is COC(=O)c1nccc2c(S(=O)(=O)NCCN3CCNCC3)cccc12.Cl.Cl. The second-order valence-corrected chi connectivity index (χ2v) is 7.73. The molecular weight excluding hydrogens is 427 g/mol. The van der Waals surface area contributed by atoms with Gasteiger partial charge in [-0.2, -0.15) is 0 Å². The third-order valence-electron chi connectivity index (χ3n) is 4.36. The Kier molecular flexibility index (Phi) is 9.55. The first-order valence-corrected chi connectivity index (χ1v) is 9.90. The molecule has 1 aliphatic heterocycles. The normalized spacial score (nSPS) is 14.8. The summed E-state index contributed by atoms with van der Waals surface area (Å²) in [6.45, 7) is 4.63. The molecule has 8 nitrogen and oxygen atoms in total. The molecule has 11 heteroatoms. The highest BCUT2D eigenvalue weighted by Gasteiger charge is 2.20. The van der Waals surface area contributed by atoms with Gasteiger partial charge in [0.05, 0.1) is 12.0 Å². The molecule has 1 fully saturated rings. The zero-order chi connectivity index (χ0) is 18.6. The van der Waals surface area contributed by atoms with Crippen molar-refractivity contribution in [2.45, 2.75) is 4.90 Å². The van der Waals surface area contributed by atoms with Crippen LogP contribution in [0.1, 0.15) is 10.5 Å². The molecular formula is C17H24Cl2N4O4S. The van der Waals surface area contributed by atoms with E-state index in [4.69, 9.17) is 4.74 Å². The molecule has 0 atom stereocenters. The van der Waals surface area contributed by atoms with Crippen molar-refractivity contribution in [2.75, 3.05) is 46.4 Å². The van der Waals surface area contributed by atoms with Gasteiger partial charge in [0, 0.05) is 56.2 Å². The minimum atomic E-state index is -3.71. The first-order valence-electron chi connectivity index (χ1n) is 8.42. The molecule has 1 saturated heterocycles. The molecule has 28 heavy (non-hydrogen) atoms. The molecule has 0 unspecified atom stereocenters. The number of nitrogens with one attached hydrogen (secondary N) is 2. The van der Waals surface area contributed by atoms with Crippen molar-refractivity contribution >= 4 is 51.6 Å². The van der Waals surface area contributed by atoms with Crippen LogP contribution in [0.4, 0.5) is 0 Å². The second-order valence-electron chi connectivity index (χ2n) is 5.99. The number of benzene rings is 1. The van der Waals surface area contributed by atoms with Crippen LogP contribution in [0.5, 0.6) is 0 Å². The van der Waals surface area contributed by atoms with Crippen LogP contribution >= 0.6 is 24.8 Å². The lowest BCUT2D eigenvalue weighted by Crippen LogP contribution is -2.46. The lowest BCUT2D eigenvalue weighted by Gasteiger charge is -2.27. The molecule has 0 saturated carbocycles. The van der Waals surface area contributed by atoms with Gasteiger partial charge in [-0.05, 0) is 12.1 Å². The molecule has 0 amide bonds. The number of carbonyl (C=O) groups is 1. The molecule has 1 aromatic heterocycles. The van der Waals surface area contributed by atoms with E-state index in [-0.39, 0.29) is 35.4 Å². The topological polar surface area (TPSA) is 101 Å². The largest absolute Gasteiger partial charge is 0.464 e. The first kappa shape index (κ1) is 24.5. The number of pyridine rings is 1. The fourth-order valence-electron chi connectivity index (χ4n) is 3.02. The van der Waals surface area contributed by atoms with E-state index in [1.807, 2.05) is 0 Å². The Bertz CT molecular complexity index is 905. The summed E-state index contributed by atoms with van der Waals surface area (Å²) in [5, 5.41) is 4.15. The number of aromatic nitrogens is 1. The predicted octanol–water partition coefficient (Wildman–Crippen LogP) is 1.05. The molecule has 0 aliphatic carbocycles. The maximum atomic E-state index is 12.8. The first-order chi connectivity index (χ1) is 12.5. The molecule has 2 heterocycles. The smallest absolute Gasteiger partial charge is 0.357 e. The summed E-state index contributed by atoms with van der Waals surface area (Å²) in [7, 11) is -2.44. The number of rotatable bonds is 6. The minimum Gasteiger partial charge on any atom is -0.464 e. The number of methoxy groups -OCH3 is 1. The van der Waals surface area contributed by atoms with Gasteiger partial charge in [0.2, 0.25) is 10.0 Å². The van der Waals surface area contributed by atoms with Crippen LogP contribution in [-0.4, -0.2) is 70.6 Å². The van der Waals surface area contributed by atoms with Crippen molar-refractivity contribution in [3.05, 3.63) is 36.2 Å². The fourth-order valence-corrected chi connectivity index (χ4v) is 4.26. The van der Waals surface area contributed by atoms with Crippen molar-refractivity contribution in [2.24, 2.45) is 0 Å². The van der Waals surface area contributed by atoms with E-state index >= 15 is 0 Å². The van der Waals surface area contributed by atoms with Crippen LogP contribution in [0.3, 0.4) is 0 Å². The maximum absolute atomic E-state index is 12.8. The summed E-state index contributed by atoms with van der Waals surface area (Å²) in [4.78, 5) is 18.2. The number of carbonyl (C=O) groups excluding carboxylic acids is 1. The highest BCUT2D eigenvalue weighted by atomic mass is 35.5. The number of ether oxygens (including phenoxy) is 1. The number of hydrogen-bond acceptors (Lipinski definition) is 7. The molecule has 0 bridgehead atoms. The summed E-state index contributed by atoms with van der Waals surface area (Å²) in [5.74, 6) is -0.600. The van der Waals surface area contributed by atoms with Crippen LogP contribution in [-0.2, 0) is 14.8 Å². The second kappa shape index (κ2) is 10.9. The van der Waals surface area contributed by atoms with Crippen molar-refractivity contribution in [1.82, 2.24) is 19.9 Å². The van der Waals surface area contributed by atoms with Crippen LogP contribution in [0, 0.1) is 0 Å². The van der Waals surface area contributed by atoms with Gasteiger partial charge in [0.15, 0.2) is 5.69 Å². The lowest BCUT2D eigenvalue weighted by atomic mass is 10.1. The van der Waals surface area contributed by atoms with Gasteiger partial charge in [-0.3, -0.25) is 4.90 Å². The van der Waals surface area contributed by atoms with E-state index in [9.17, 15) is 13.2 Å². The monoisotopic (exact) mass is 450 g/mol. The maximum Gasteiger partial charge on any atom is 0.357 e. The Morgan fingerprint density at radius 3 is 2.61 bits per heavy atom. The van der Waals surface area contributed by atoms with E-state index in [0.717, 1.165) is 26.2 Å². The summed E-state index contributed by atoms with van der Waals surface area (Å²) in [5.41, 5.74) is 0.0999. The number of piperazine rings is 1. The standard InChI is InChI=1S/C17H22N4O4S.2ClH/c1-25-17(22)16-14-3-2-4-15(13(14)5-6-19-16)26(23,24)20-9-12-21-10-7-18-8-11-21;;/h2-6,18,20H,7-12H2,1H3;2*1H. The van der Waals surface area contributed by atoms with E-state index in [1.54, 1.807) is 18.2 Å². The van der Waals surface area contributed by atoms with E-state index in [0.29, 0.717) is 23.9 Å². The number of nitrogens with zero attached hydrogens (tertiary/aromatic N) is 2. The summed E-state index contributed by atoms with van der Waals surface area (Å²) >= 11 is 0. The number of fused-ring (bicyclic) bond motifs is 1. The zero-order valence-electron chi connectivity index (χ0n) is 15.4. The van der Waals surface area contributed by atoms with Crippen LogP contribution in [0.2, 0.25) is 0 Å². The van der Waals surface area contributed by atoms with Gasteiger partial charge in [-0.25, -0.2) is 22.9 Å². The zero-order valence-corrected chi connectivity index (χ0v) is 17.8. The highest BCUT2D eigenvalue weighted by Crippen LogP contribution is 2.24. The van der Waals surface area contributed by atoms with E-state index in [1.165, 1.54) is 19.4 Å². The molecule has 2 N–H and O–H groups in total. The van der Waals surface area contributed by atoms with Crippen LogP contribution in [0.15, 0.2) is 35.4 Å². The number of halogens is 2. The lowest BCUT2D eigenvalue weighted by molar-refractivity contribution is 0.0596. The Labute approximate surface area is 176 Å². The molecule has 156 valence electrons. The Balaban J connectivity index is 0.00000196. The van der Waals surface area contributed by atoms with Gasteiger partial charge < -0.3 is 10.1 Å². The molecule has 1 aromatic carbocycles. The fraction of sp³-hybridized carbons (Fsp3) is 0.412.